The van der Waals surface area contributed by atoms with Gasteiger partial charge in [-0.25, -0.2) is 9.48 Å². The molecule has 0 amide bonds. The Labute approximate surface area is 202 Å². The third-order valence-corrected chi connectivity index (χ3v) is 7.33. The van der Waals surface area contributed by atoms with Gasteiger partial charge in [0.15, 0.2) is 5.11 Å². The number of thiocarbonyl (C=S) groups is 1. The van der Waals surface area contributed by atoms with Crippen molar-refractivity contribution in [1.29, 1.82) is 0 Å². The minimum absolute atomic E-state index is 0.196. The zero-order valence-corrected chi connectivity index (χ0v) is 20.7. The topological polar surface area (TPSA) is 77.3 Å². The number of hydrogen-bond acceptors (Lipinski definition) is 5. The second kappa shape index (κ2) is 9.93. The van der Waals surface area contributed by atoms with Gasteiger partial charge >= 0.3 is 5.97 Å². The Bertz CT molecular complexity index is 1240. The summed E-state index contributed by atoms with van der Waals surface area (Å²) >= 11 is 7.11. The first kappa shape index (κ1) is 23.3. The Morgan fingerprint density at radius 3 is 2.61 bits per heavy atom. The largest absolute Gasteiger partial charge is 0.462 e. The minimum Gasteiger partial charge on any atom is -0.462 e. The normalized spacial score (nSPS) is 13.2. The number of rotatable bonds is 5. The summed E-state index contributed by atoms with van der Waals surface area (Å²) in [6, 6.07) is 9.45. The highest BCUT2D eigenvalue weighted by molar-refractivity contribution is 7.80. The van der Waals surface area contributed by atoms with Gasteiger partial charge in [-0.05, 0) is 69.4 Å². The molecular weight excluding hydrogens is 456 g/mol. The number of fused-ring (bicyclic) bond motifs is 1. The Morgan fingerprint density at radius 2 is 1.88 bits per heavy atom. The molecule has 4 rings (SSSR count). The molecule has 1 aliphatic carbocycles. The Balaban J connectivity index is 1.63. The highest BCUT2D eigenvalue weighted by Crippen LogP contribution is 2.38. The second-order valence-electron chi connectivity index (χ2n) is 8.00. The summed E-state index contributed by atoms with van der Waals surface area (Å²) in [5.74, 6) is -0.329. The third kappa shape index (κ3) is 4.60. The van der Waals surface area contributed by atoms with Crippen LogP contribution in [0.2, 0.25) is 0 Å². The molecule has 3 aromatic rings. The summed E-state index contributed by atoms with van der Waals surface area (Å²) in [6.07, 6.45) is 5.14. The molecule has 7 nitrogen and oxygen atoms in total. The highest BCUT2D eigenvalue weighted by atomic mass is 32.1. The van der Waals surface area contributed by atoms with Gasteiger partial charge in [-0.1, -0.05) is 24.6 Å². The van der Waals surface area contributed by atoms with Crippen molar-refractivity contribution >= 4 is 45.3 Å². The maximum absolute atomic E-state index is 13.2. The molecular formula is C24H28N4O3S2. The van der Waals surface area contributed by atoms with Crippen LogP contribution in [-0.4, -0.2) is 27.1 Å². The van der Waals surface area contributed by atoms with Crippen molar-refractivity contribution in [3.05, 3.63) is 62.4 Å². The maximum atomic E-state index is 13.2. The molecule has 174 valence electrons. The number of carbonyl (C=O) groups is 1. The van der Waals surface area contributed by atoms with Crippen LogP contribution in [0.4, 0.5) is 10.7 Å². The standard InChI is InChI=1S/C24H28N4O3S2/c1-4-31-23(30)19-17-13-9-6-10-14-18(17)33-21(19)26-24(32)25-20-15(2)27(3)28(22(20)29)16-11-7-5-8-12-16/h5,7-8,11-12H,4,6,9-10,13-14H2,1-3H3,(H2,25,26,32). The van der Waals surface area contributed by atoms with Crippen LogP contribution in [0.25, 0.3) is 5.69 Å². The van der Waals surface area contributed by atoms with Crippen LogP contribution >= 0.6 is 23.6 Å². The molecule has 0 aliphatic heterocycles. The quantitative estimate of drug-likeness (QED) is 0.308. The van der Waals surface area contributed by atoms with Gasteiger partial charge in [0, 0.05) is 11.9 Å². The summed E-state index contributed by atoms with van der Waals surface area (Å²) in [7, 11) is 1.83. The zero-order valence-electron chi connectivity index (χ0n) is 19.1. The van der Waals surface area contributed by atoms with E-state index in [0.717, 1.165) is 49.0 Å². The summed E-state index contributed by atoms with van der Waals surface area (Å²) in [5.41, 5.74) is 3.37. The van der Waals surface area contributed by atoms with Crippen molar-refractivity contribution in [3.63, 3.8) is 0 Å². The molecule has 0 saturated heterocycles. The summed E-state index contributed by atoms with van der Waals surface area (Å²) in [4.78, 5) is 27.2. The number of thiophene rings is 1. The monoisotopic (exact) mass is 484 g/mol. The van der Waals surface area contributed by atoms with Crippen molar-refractivity contribution in [2.75, 3.05) is 17.2 Å². The fraction of sp³-hybridized carbons (Fsp3) is 0.375. The van der Waals surface area contributed by atoms with E-state index in [9.17, 15) is 9.59 Å². The molecule has 0 saturated carbocycles. The van der Waals surface area contributed by atoms with Gasteiger partial charge in [0.25, 0.3) is 5.56 Å². The molecule has 2 heterocycles. The molecule has 0 atom stereocenters. The average Bonchev–Trinajstić information content (AvgIpc) is 3.10. The van der Waals surface area contributed by atoms with Crippen LogP contribution in [0, 0.1) is 6.92 Å². The lowest BCUT2D eigenvalue weighted by Crippen LogP contribution is -2.25. The molecule has 0 spiro atoms. The van der Waals surface area contributed by atoms with Crippen LogP contribution in [0.15, 0.2) is 35.1 Å². The number of hydrogen-bond donors (Lipinski definition) is 2. The van der Waals surface area contributed by atoms with Crippen LogP contribution in [0.3, 0.4) is 0 Å². The number of anilines is 2. The van der Waals surface area contributed by atoms with E-state index in [0.29, 0.717) is 22.9 Å². The zero-order chi connectivity index (χ0) is 23.5. The van der Waals surface area contributed by atoms with Crippen molar-refractivity contribution < 1.29 is 9.53 Å². The van der Waals surface area contributed by atoms with Gasteiger partial charge in [-0.3, -0.25) is 9.48 Å². The molecule has 1 aromatic carbocycles. The number of esters is 1. The lowest BCUT2D eigenvalue weighted by molar-refractivity contribution is 0.0527. The van der Waals surface area contributed by atoms with Crippen LogP contribution < -0.4 is 16.2 Å². The van der Waals surface area contributed by atoms with Crippen LogP contribution in [0.5, 0.6) is 0 Å². The number of benzene rings is 1. The Hall–Kier alpha value is -2.91. The first-order valence-corrected chi connectivity index (χ1v) is 12.4. The number of nitrogens with one attached hydrogen (secondary N) is 2. The fourth-order valence-electron chi connectivity index (χ4n) is 4.21. The third-order valence-electron chi connectivity index (χ3n) is 5.92. The molecule has 2 N–H and O–H groups in total. The molecule has 1 aliphatic rings. The predicted octanol–water partition coefficient (Wildman–Crippen LogP) is 4.80. The number of aromatic nitrogens is 2. The van der Waals surface area contributed by atoms with Gasteiger partial charge in [-0.2, -0.15) is 0 Å². The SMILES string of the molecule is CCOC(=O)c1c(NC(=S)Nc2c(C)n(C)n(-c3ccccc3)c2=O)sc2c1CCCCC2. The van der Waals surface area contributed by atoms with Crippen molar-refractivity contribution in [1.82, 2.24) is 9.36 Å². The first-order valence-electron chi connectivity index (χ1n) is 11.2. The molecule has 0 fully saturated rings. The van der Waals surface area contributed by atoms with E-state index in [1.165, 1.54) is 4.88 Å². The number of aryl methyl sites for hydroxylation is 1. The molecule has 0 radical (unpaired) electrons. The summed E-state index contributed by atoms with van der Waals surface area (Å²) in [5, 5.41) is 7.19. The number of carbonyl (C=O) groups excluding carboxylic acids is 1. The first-order chi connectivity index (χ1) is 15.9. The van der Waals surface area contributed by atoms with Gasteiger partial charge in [-0.15, -0.1) is 11.3 Å². The average molecular weight is 485 g/mol. The lowest BCUT2D eigenvalue weighted by atomic mass is 10.1. The summed E-state index contributed by atoms with van der Waals surface area (Å²) in [6.45, 7) is 3.98. The van der Waals surface area contributed by atoms with E-state index in [1.807, 2.05) is 44.3 Å². The number of para-hydroxylation sites is 1. The molecule has 33 heavy (non-hydrogen) atoms. The van der Waals surface area contributed by atoms with Crippen LogP contribution in [0.1, 0.15) is 52.7 Å². The minimum atomic E-state index is -0.329. The Morgan fingerprint density at radius 1 is 1.15 bits per heavy atom. The van der Waals surface area contributed by atoms with Gasteiger partial charge in [0.1, 0.15) is 10.7 Å². The second-order valence-corrected chi connectivity index (χ2v) is 9.52. The van der Waals surface area contributed by atoms with Crippen molar-refractivity contribution in [2.45, 2.75) is 46.0 Å². The Kier molecular flexibility index (Phi) is 6.99. The number of ether oxygens (including phenoxy) is 1. The number of nitrogens with zero attached hydrogens (tertiary/aromatic N) is 2. The van der Waals surface area contributed by atoms with E-state index in [1.54, 1.807) is 27.6 Å². The van der Waals surface area contributed by atoms with Crippen LogP contribution in [-0.2, 0) is 24.6 Å². The van der Waals surface area contributed by atoms with E-state index in [-0.39, 0.29) is 16.6 Å². The molecule has 0 unspecified atom stereocenters. The van der Waals surface area contributed by atoms with Gasteiger partial charge in [0.2, 0.25) is 0 Å². The fourth-order valence-corrected chi connectivity index (χ4v) is 5.76. The van der Waals surface area contributed by atoms with E-state index in [2.05, 4.69) is 10.6 Å². The van der Waals surface area contributed by atoms with E-state index in [4.69, 9.17) is 17.0 Å². The molecule has 0 bridgehead atoms. The molecule has 9 heteroatoms. The summed E-state index contributed by atoms with van der Waals surface area (Å²) < 4.78 is 8.73. The lowest BCUT2D eigenvalue weighted by Gasteiger charge is -2.11. The maximum Gasteiger partial charge on any atom is 0.341 e. The van der Waals surface area contributed by atoms with E-state index < -0.39 is 0 Å². The van der Waals surface area contributed by atoms with Crippen molar-refractivity contribution in [2.24, 2.45) is 7.05 Å². The van der Waals surface area contributed by atoms with Crippen molar-refractivity contribution in [3.8, 4) is 5.69 Å². The molecule has 2 aromatic heterocycles. The highest BCUT2D eigenvalue weighted by Gasteiger charge is 2.26. The van der Waals surface area contributed by atoms with Gasteiger partial charge < -0.3 is 15.4 Å². The van der Waals surface area contributed by atoms with E-state index >= 15 is 0 Å². The smallest absolute Gasteiger partial charge is 0.341 e. The predicted molar refractivity (Wildman–Crippen MR) is 137 cm³/mol. The van der Waals surface area contributed by atoms with Gasteiger partial charge in [0.05, 0.1) is 23.6 Å².